The maximum atomic E-state index is 12.2. The van der Waals surface area contributed by atoms with Gasteiger partial charge in [0.05, 0.1) is 11.1 Å². The first-order chi connectivity index (χ1) is 11.6. The van der Waals surface area contributed by atoms with Crippen molar-refractivity contribution in [3.05, 3.63) is 78.0 Å². The van der Waals surface area contributed by atoms with Crippen molar-refractivity contribution in [1.29, 1.82) is 0 Å². The fourth-order valence-electron chi connectivity index (χ4n) is 2.41. The molecule has 1 heterocycles. The second-order valence-electron chi connectivity index (χ2n) is 5.37. The van der Waals surface area contributed by atoms with Gasteiger partial charge < -0.3 is 4.84 Å². The highest BCUT2D eigenvalue weighted by Crippen LogP contribution is 2.16. The van der Waals surface area contributed by atoms with E-state index in [0.717, 1.165) is 16.5 Å². The van der Waals surface area contributed by atoms with Gasteiger partial charge in [0.15, 0.2) is 5.78 Å². The van der Waals surface area contributed by atoms with E-state index in [1.807, 2.05) is 24.3 Å². The summed E-state index contributed by atoms with van der Waals surface area (Å²) in [5.41, 5.74) is 4.49. The molecule has 0 fully saturated rings. The standard InChI is InChI=1S/C19H16N2O3/c1-13(22)18(14-6-3-2-4-7-14)21-24-19(23)16-9-10-17-15(12-16)8-5-11-20-17/h2-12,18,21H,1H3. The van der Waals surface area contributed by atoms with E-state index in [1.165, 1.54) is 6.92 Å². The number of benzene rings is 2. The van der Waals surface area contributed by atoms with Crippen molar-refractivity contribution in [2.75, 3.05) is 0 Å². The summed E-state index contributed by atoms with van der Waals surface area (Å²) in [6.07, 6.45) is 1.69. The highest BCUT2D eigenvalue weighted by molar-refractivity contribution is 5.94. The van der Waals surface area contributed by atoms with Gasteiger partial charge in [-0.25, -0.2) is 4.79 Å². The lowest BCUT2D eigenvalue weighted by Gasteiger charge is -2.15. The van der Waals surface area contributed by atoms with E-state index in [9.17, 15) is 9.59 Å². The van der Waals surface area contributed by atoms with Crippen LogP contribution in [0.4, 0.5) is 0 Å². The number of carbonyl (C=O) groups excluding carboxylic acids is 2. The zero-order chi connectivity index (χ0) is 16.9. The topological polar surface area (TPSA) is 68.3 Å². The predicted octanol–water partition coefficient (Wildman–Crippen LogP) is 3.23. The Bertz CT molecular complexity index is 878. The molecule has 0 spiro atoms. The number of pyridine rings is 1. The van der Waals surface area contributed by atoms with E-state index in [1.54, 1.807) is 42.6 Å². The molecule has 3 aromatic rings. The van der Waals surface area contributed by atoms with Crippen molar-refractivity contribution in [2.24, 2.45) is 0 Å². The number of carbonyl (C=O) groups is 2. The van der Waals surface area contributed by atoms with Crippen LogP contribution in [0.25, 0.3) is 10.9 Å². The van der Waals surface area contributed by atoms with Crippen LogP contribution in [-0.4, -0.2) is 16.7 Å². The smallest absolute Gasteiger partial charge is 0.356 e. The molecule has 3 rings (SSSR count). The van der Waals surface area contributed by atoms with E-state index < -0.39 is 12.0 Å². The minimum atomic E-state index is -0.697. The number of hydroxylamine groups is 1. The number of ketones is 1. The number of aromatic nitrogens is 1. The van der Waals surface area contributed by atoms with Crippen LogP contribution in [0.1, 0.15) is 28.9 Å². The van der Waals surface area contributed by atoms with Crippen LogP contribution < -0.4 is 5.48 Å². The molecule has 5 heteroatoms. The molecule has 2 aromatic carbocycles. The predicted molar refractivity (Wildman–Crippen MR) is 90.2 cm³/mol. The molecule has 0 amide bonds. The first kappa shape index (κ1) is 15.8. The minimum absolute atomic E-state index is 0.142. The molecule has 120 valence electrons. The van der Waals surface area contributed by atoms with Crippen LogP contribution in [-0.2, 0) is 9.63 Å². The molecule has 1 unspecified atom stereocenters. The van der Waals surface area contributed by atoms with E-state index in [0.29, 0.717) is 5.56 Å². The first-order valence-corrected chi connectivity index (χ1v) is 7.52. The fraction of sp³-hybridized carbons (Fsp3) is 0.105. The molecular weight excluding hydrogens is 304 g/mol. The third-order valence-electron chi connectivity index (χ3n) is 3.65. The summed E-state index contributed by atoms with van der Waals surface area (Å²) in [6.45, 7) is 1.44. The molecule has 5 nitrogen and oxygen atoms in total. The van der Waals surface area contributed by atoms with Crippen LogP contribution >= 0.6 is 0 Å². The highest BCUT2D eigenvalue weighted by atomic mass is 16.7. The van der Waals surface area contributed by atoms with Crippen molar-refractivity contribution in [2.45, 2.75) is 13.0 Å². The molecule has 0 aliphatic carbocycles. The molecule has 1 atom stereocenters. The molecule has 0 bridgehead atoms. The molecule has 0 saturated carbocycles. The van der Waals surface area contributed by atoms with Crippen molar-refractivity contribution in [1.82, 2.24) is 10.5 Å². The van der Waals surface area contributed by atoms with Crippen molar-refractivity contribution >= 4 is 22.7 Å². The van der Waals surface area contributed by atoms with Gasteiger partial charge in [0.1, 0.15) is 6.04 Å². The lowest BCUT2D eigenvalue weighted by atomic mass is 10.1. The van der Waals surface area contributed by atoms with E-state index in [4.69, 9.17) is 4.84 Å². The number of nitrogens with one attached hydrogen (secondary N) is 1. The molecule has 0 aliphatic heterocycles. The summed E-state index contributed by atoms with van der Waals surface area (Å²) in [7, 11) is 0. The summed E-state index contributed by atoms with van der Waals surface area (Å²) < 4.78 is 0. The Morgan fingerprint density at radius 3 is 2.58 bits per heavy atom. The second-order valence-corrected chi connectivity index (χ2v) is 5.37. The van der Waals surface area contributed by atoms with Crippen molar-refractivity contribution in [3.63, 3.8) is 0 Å². The second kappa shape index (κ2) is 7.02. The third-order valence-corrected chi connectivity index (χ3v) is 3.65. The molecule has 0 radical (unpaired) electrons. The van der Waals surface area contributed by atoms with Crippen LogP contribution in [0, 0.1) is 0 Å². The number of nitrogens with zero attached hydrogens (tertiary/aromatic N) is 1. The van der Waals surface area contributed by atoms with Gasteiger partial charge in [0, 0.05) is 11.6 Å². The summed E-state index contributed by atoms with van der Waals surface area (Å²) in [5, 5.41) is 0.845. The quantitative estimate of drug-likeness (QED) is 0.731. The molecular formula is C19H16N2O3. The van der Waals surface area contributed by atoms with Gasteiger partial charge in [-0.3, -0.25) is 9.78 Å². The molecule has 1 N–H and O–H groups in total. The SMILES string of the molecule is CC(=O)C(NOC(=O)c1ccc2ncccc2c1)c1ccccc1. The van der Waals surface area contributed by atoms with Gasteiger partial charge in [-0.1, -0.05) is 36.4 Å². The molecule has 24 heavy (non-hydrogen) atoms. The average Bonchev–Trinajstić information content (AvgIpc) is 2.62. The first-order valence-electron chi connectivity index (χ1n) is 7.52. The number of fused-ring (bicyclic) bond motifs is 1. The Hall–Kier alpha value is -3.05. The van der Waals surface area contributed by atoms with E-state index in [2.05, 4.69) is 10.5 Å². The lowest BCUT2D eigenvalue weighted by Crippen LogP contribution is -2.29. The Labute approximate surface area is 139 Å². The van der Waals surface area contributed by atoms with Crippen LogP contribution in [0.5, 0.6) is 0 Å². The summed E-state index contributed by atoms with van der Waals surface area (Å²) in [4.78, 5) is 33.4. The Balaban J connectivity index is 1.74. The lowest BCUT2D eigenvalue weighted by molar-refractivity contribution is -0.121. The number of hydrogen-bond acceptors (Lipinski definition) is 5. The summed E-state index contributed by atoms with van der Waals surface area (Å²) >= 11 is 0. The van der Waals surface area contributed by atoms with Gasteiger partial charge in [-0.05, 0) is 36.8 Å². The number of hydrogen-bond donors (Lipinski definition) is 1. The number of rotatable bonds is 5. The van der Waals surface area contributed by atoms with Crippen LogP contribution in [0.15, 0.2) is 66.9 Å². The largest absolute Gasteiger partial charge is 0.366 e. The van der Waals surface area contributed by atoms with Gasteiger partial charge in [0.25, 0.3) is 0 Å². The summed E-state index contributed by atoms with van der Waals surface area (Å²) in [6, 6.07) is 17.2. The maximum absolute atomic E-state index is 12.2. The van der Waals surface area contributed by atoms with Crippen LogP contribution in [0.3, 0.4) is 0 Å². The highest BCUT2D eigenvalue weighted by Gasteiger charge is 2.19. The Morgan fingerprint density at radius 2 is 1.83 bits per heavy atom. The van der Waals surface area contributed by atoms with Crippen LogP contribution in [0.2, 0.25) is 0 Å². The third kappa shape index (κ3) is 3.47. The van der Waals surface area contributed by atoms with Gasteiger partial charge in [-0.2, -0.15) is 0 Å². The molecule has 1 aromatic heterocycles. The zero-order valence-corrected chi connectivity index (χ0v) is 13.1. The van der Waals surface area contributed by atoms with Gasteiger partial charge in [-0.15, -0.1) is 5.48 Å². The monoisotopic (exact) mass is 320 g/mol. The normalized spacial score (nSPS) is 11.9. The van der Waals surface area contributed by atoms with Gasteiger partial charge in [0.2, 0.25) is 0 Å². The average molecular weight is 320 g/mol. The van der Waals surface area contributed by atoms with Gasteiger partial charge >= 0.3 is 5.97 Å². The molecule has 0 aliphatic rings. The Kier molecular flexibility index (Phi) is 4.63. The number of Topliss-reactive ketones (excluding diaryl/α,β-unsaturated/α-hetero) is 1. The van der Waals surface area contributed by atoms with E-state index in [-0.39, 0.29) is 5.78 Å². The minimum Gasteiger partial charge on any atom is -0.366 e. The molecule has 0 saturated heterocycles. The fourth-order valence-corrected chi connectivity index (χ4v) is 2.41. The Morgan fingerprint density at radius 1 is 1.04 bits per heavy atom. The van der Waals surface area contributed by atoms with Crippen molar-refractivity contribution in [3.8, 4) is 0 Å². The maximum Gasteiger partial charge on any atom is 0.356 e. The zero-order valence-electron chi connectivity index (χ0n) is 13.1. The van der Waals surface area contributed by atoms with Crippen molar-refractivity contribution < 1.29 is 14.4 Å². The summed E-state index contributed by atoms with van der Waals surface area (Å²) in [5.74, 6) is -0.695. The van der Waals surface area contributed by atoms with E-state index >= 15 is 0 Å².